The van der Waals surface area contributed by atoms with Crippen molar-refractivity contribution in [3.63, 3.8) is 0 Å². The Morgan fingerprint density at radius 3 is 2.08 bits per heavy atom. The summed E-state index contributed by atoms with van der Waals surface area (Å²) in [6.45, 7) is 11.7. The van der Waals surface area contributed by atoms with E-state index in [4.69, 9.17) is 9.16 Å². The molecule has 3 aromatic carbocycles. The molecule has 1 amide bonds. The number of allylic oxidation sites excluding steroid dienone is 1. The zero-order chi connectivity index (χ0) is 27.7. The van der Waals surface area contributed by atoms with Gasteiger partial charge < -0.3 is 9.16 Å². The van der Waals surface area contributed by atoms with Crippen molar-refractivity contribution < 1.29 is 14.0 Å². The smallest absolute Gasteiger partial charge is 0.414 e. The number of benzene rings is 3. The molecule has 4 nitrogen and oxygen atoms in total. The summed E-state index contributed by atoms with van der Waals surface area (Å²) in [5.74, 6) is 0. The normalized spacial score (nSPS) is 15.8. The molecule has 202 valence electrons. The number of amides is 1. The standard InChI is InChI=1S/C34H39NO3Si/c1-5-29(35-30(27-37-33(35)36)26-28-18-10-6-11-19-28)20-12-9-17-25-38-39(34(2,3)4,31-21-13-7-14-22-31)32-23-15-8-16-24-32/h6-16,18-19,21-24,30H,1,17,20,25-27H2,2-4H3/b12-9+/t30-/m1/s1. The molecule has 0 unspecified atom stereocenters. The minimum atomic E-state index is -2.55. The number of carbonyl (C=O) groups is 1. The van der Waals surface area contributed by atoms with E-state index in [2.05, 4.69) is 118 Å². The summed E-state index contributed by atoms with van der Waals surface area (Å²) in [6, 6.07) is 31.5. The Morgan fingerprint density at radius 2 is 1.54 bits per heavy atom. The lowest BCUT2D eigenvalue weighted by Gasteiger charge is -2.43. The number of hydrogen-bond donors (Lipinski definition) is 0. The quantitative estimate of drug-likeness (QED) is 0.119. The highest BCUT2D eigenvalue weighted by molar-refractivity contribution is 6.99. The number of carbonyl (C=O) groups excluding carboxylic acids is 1. The molecule has 0 saturated carbocycles. The SMILES string of the molecule is C=C=C(C/C=C/CCO[Si](c1ccccc1)(c1ccccc1)C(C)(C)C)N1C(=O)OC[C@H]1Cc1ccccc1. The van der Waals surface area contributed by atoms with E-state index in [1.54, 1.807) is 4.90 Å². The molecule has 0 N–H and O–H groups in total. The van der Waals surface area contributed by atoms with Crippen LogP contribution in [0.2, 0.25) is 5.04 Å². The summed E-state index contributed by atoms with van der Waals surface area (Å²) in [5, 5.41) is 2.50. The molecule has 0 bridgehead atoms. The van der Waals surface area contributed by atoms with Gasteiger partial charge in [0.25, 0.3) is 8.32 Å². The molecule has 0 aromatic heterocycles. The molecule has 5 heteroatoms. The van der Waals surface area contributed by atoms with Crippen molar-refractivity contribution in [2.45, 2.75) is 51.1 Å². The number of hydrogen-bond acceptors (Lipinski definition) is 3. The van der Waals surface area contributed by atoms with Crippen LogP contribution in [0.4, 0.5) is 4.79 Å². The number of cyclic esters (lactones) is 1. The summed E-state index contributed by atoms with van der Waals surface area (Å²) in [4.78, 5) is 14.3. The summed E-state index contributed by atoms with van der Waals surface area (Å²) in [5.41, 5.74) is 4.89. The van der Waals surface area contributed by atoms with Gasteiger partial charge in [-0.25, -0.2) is 4.79 Å². The summed E-state index contributed by atoms with van der Waals surface area (Å²) < 4.78 is 12.4. The van der Waals surface area contributed by atoms with E-state index >= 15 is 0 Å². The Labute approximate surface area is 234 Å². The van der Waals surface area contributed by atoms with Gasteiger partial charge in [0.05, 0.1) is 11.7 Å². The second-order valence-corrected chi connectivity index (χ2v) is 15.2. The van der Waals surface area contributed by atoms with E-state index in [0.29, 0.717) is 19.6 Å². The van der Waals surface area contributed by atoms with E-state index in [0.717, 1.165) is 18.5 Å². The lowest BCUT2D eigenvalue weighted by atomic mass is 10.1. The van der Waals surface area contributed by atoms with Gasteiger partial charge in [-0.05, 0) is 33.8 Å². The average molecular weight is 538 g/mol. The van der Waals surface area contributed by atoms with Crippen LogP contribution in [0.3, 0.4) is 0 Å². The van der Waals surface area contributed by atoms with Crippen LogP contribution in [-0.2, 0) is 15.6 Å². The first-order chi connectivity index (χ1) is 18.9. The maximum absolute atomic E-state index is 12.6. The first kappa shape index (κ1) is 28.4. The average Bonchev–Trinajstić information content (AvgIpc) is 3.30. The van der Waals surface area contributed by atoms with Gasteiger partial charge >= 0.3 is 6.09 Å². The number of rotatable bonds is 11. The number of ether oxygens (including phenoxy) is 1. The van der Waals surface area contributed by atoms with Crippen LogP contribution in [0, 0.1) is 0 Å². The Bertz CT molecular complexity index is 1250. The molecule has 1 atom stereocenters. The Kier molecular flexibility index (Phi) is 9.42. The topological polar surface area (TPSA) is 38.8 Å². The van der Waals surface area contributed by atoms with E-state index in [9.17, 15) is 4.79 Å². The minimum Gasteiger partial charge on any atom is -0.447 e. The molecule has 0 spiro atoms. The lowest BCUT2D eigenvalue weighted by molar-refractivity contribution is 0.164. The lowest BCUT2D eigenvalue weighted by Crippen LogP contribution is -2.66. The first-order valence-corrected chi connectivity index (χ1v) is 15.6. The molecule has 1 heterocycles. The maximum atomic E-state index is 12.6. The zero-order valence-electron chi connectivity index (χ0n) is 23.3. The summed E-state index contributed by atoms with van der Waals surface area (Å²) >= 11 is 0. The highest BCUT2D eigenvalue weighted by Crippen LogP contribution is 2.36. The first-order valence-electron chi connectivity index (χ1n) is 13.7. The molecule has 0 aliphatic carbocycles. The van der Waals surface area contributed by atoms with E-state index in [-0.39, 0.29) is 17.2 Å². The molecule has 39 heavy (non-hydrogen) atoms. The molecular weight excluding hydrogens is 498 g/mol. The van der Waals surface area contributed by atoms with E-state index in [1.807, 2.05) is 18.2 Å². The third-order valence-electron chi connectivity index (χ3n) is 7.27. The largest absolute Gasteiger partial charge is 0.447 e. The minimum absolute atomic E-state index is 0.0535. The van der Waals surface area contributed by atoms with Crippen molar-refractivity contribution in [3.8, 4) is 0 Å². The summed E-state index contributed by atoms with van der Waals surface area (Å²) in [6.07, 6.45) is 5.94. The molecule has 1 saturated heterocycles. The second kappa shape index (κ2) is 12.9. The van der Waals surface area contributed by atoms with Crippen molar-refractivity contribution >= 4 is 24.8 Å². The summed E-state index contributed by atoms with van der Waals surface area (Å²) in [7, 11) is -2.55. The molecular formula is C34H39NO3Si. The van der Waals surface area contributed by atoms with Crippen molar-refractivity contribution in [2.24, 2.45) is 0 Å². The van der Waals surface area contributed by atoms with Gasteiger partial charge in [-0.2, -0.15) is 0 Å². The zero-order valence-corrected chi connectivity index (χ0v) is 24.3. The van der Waals surface area contributed by atoms with Crippen molar-refractivity contribution in [1.82, 2.24) is 4.90 Å². The highest BCUT2D eigenvalue weighted by Gasteiger charge is 2.49. The van der Waals surface area contributed by atoms with Crippen molar-refractivity contribution in [3.05, 3.63) is 127 Å². The van der Waals surface area contributed by atoms with Crippen LogP contribution < -0.4 is 10.4 Å². The van der Waals surface area contributed by atoms with Crippen LogP contribution in [0.25, 0.3) is 0 Å². The van der Waals surface area contributed by atoms with E-state index in [1.165, 1.54) is 15.9 Å². The van der Waals surface area contributed by atoms with Gasteiger partial charge in [-0.15, -0.1) is 5.73 Å². The molecule has 1 aliphatic rings. The van der Waals surface area contributed by atoms with Crippen LogP contribution in [0.5, 0.6) is 0 Å². The number of nitrogens with zero attached hydrogens (tertiary/aromatic N) is 1. The Balaban J connectivity index is 1.43. The predicted octanol–water partition coefficient (Wildman–Crippen LogP) is 6.63. The van der Waals surface area contributed by atoms with Gasteiger partial charge in [0.2, 0.25) is 0 Å². The van der Waals surface area contributed by atoms with Crippen molar-refractivity contribution in [2.75, 3.05) is 13.2 Å². The van der Waals surface area contributed by atoms with Gasteiger partial charge in [0.1, 0.15) is 6.61 Å². The molecule has 1 fully saturated rings. The fourth-order valence-corrected chi connectivity index (χ4v) is 10.0. The monoisotopic (exact) mass is 537 g/mol. The molecule has 4 rings (SSSR count). The molecule has 1 aliphatic heterocycles. The Morgan fingerprint density at radius 1 is 0.974 bits per heavy atom. The van der Waals surface area contributed by atoms with Gasteiger partial charge in [-0.1, -0.05) is 130 Å². The fraction of sp³-hybridized carbons (Fsp3) is 0.294. The van der Waals surface area contributed by atoms with Crippen LogP contribution in [0.15, 0.2) is 121 Å². The highest BCUT2D eigenvalue weighted by atomic mass is 28.4. The van der Waals surface area contributed by atoms with Crippen LogP contribution >= 0.6 is 0 Å². The van der Waals surface area contributed by atoms with Gasteiger partial charge in [0.15, 0.2) is 0 Å². The Hall–Kier alpha value is -3.63. The maximum Gasteiger partial charge on any atom is 0.414 e. The third-order valence-corrected chi connectivity index (χ3v) is 12.3. The van der Waals surface area contributed by atoms with Gasteiger partial charge in [0, 0.05) is 13.0 Å². The van der Waals surface area contributed by atoms with Gasteiger partial charge in [-0.3, -0.25) is 4.90 Å². The fourth-order valence-electron chi connectivity index (χ4n) is 5.44. The predicted molar refractivity (Wildman–Crippen MR) is 162 cm³/mol. The molecule has 3 aromatic rings. The van der Waals surface area contributed by atoms with E-state index < -0.39 is 8.32 Å². The van der Waals surface area contributed by atoms with Crippen molar-refractivity contribution in [1.29, 1.82) is 0 Å². The van der Waals surface area contributed by atoms with Crippen LogP contribution in [0.1, 0.15) is 39.2 Å². The van der Waals surface area contributed by atoms with Crippen LogP contribution in [-0.4, -0.2) is 38.6 Å². The third kappa shape index (κ3) is 6.51. The molecule has 0 radical (unpaired) electrons. The second-order valence-electron chi connectivity index (χ2n) is 10.9.